The first-order chi connectivity index (χ1) is 12.1. The Kier molecular flexibility index (Phi) is 7.23. The molecule has 0 bridgehead atoms. The molecule has 1 aromatic heterocycles. The fourth-order valence-electron chi connectivity index (χ4n) is 3.24. The minimum absolute atomic E-state index is 0.105. The monoisotopic (exact) mass is 342 g/mol. The lowest BCUT2D eigenvalue weighted by Crippen LogP contribution is -2.07. The van der Waals surface area contributed by atoms with E-state index in [-0.39, 0.29) is 5.97 Å². The van der Waals surface area contributed by atoms with Gasteiger partial charge in [-0.15, -0.1) is 0 Å². The van der Waals surface area contributed by atoms with Crippen molar-refractivity contribution in [1.29, 1.82) is 0 Å². The Morgan fingerprint density at radius 2 is 1.96 bits per heavy atom. The van der Waals surface area contributed by atoms with Gasteiger partial charge in [0.1, 0.15) is 0 Å². The minimum atomic E-state index is -0.105. The average molecular weight is 342 g/mol. The van der Waals surface area contributed by atoms with Gasteiger partial charge in [-0.05, 0) is 68.7 Å². The highest BCUT2D eigenvalue weighted by molar-refractivity contribution is 5.69. The summed E-state index contributed by atoms with van der Waals surface area (Å²) in [6, 6.07) is 8.66. The van der Waals surface area contributed by atoms with Gasteiger partial charge in [0.25, 0.3) is 0 Å². The molecule has 1 aromatic carbocycles. The molecule has 4 nitrogen and oxygen atoms in total. The molecule has 0 spiro atoms. The van der Waals surface area contributed by atoms with Gasteiger partial charge in [0.15, 0.2) is 0 Å². The van der Waals surface area contributed by atoms with Gasteiger partial charge >= 0.3 is 5.97 Å². The minimum Gasteiger partial charge on any atom is -0.466 e. The van der Waals surface area contributed by atoms with Crippen LogP contribution in [0.1, 0.15) is 69.2 Å². The lowest BCUT2D eigenvalue weighted by Gasteiger charge is -2.19. The Balaban J connectivity index is 2.20. The van der Waals surface area contributed by atoms with E-state index in [0.29, 0.717) is 18.9 Å². The third kappa shape index (κ3) is 5.18. The average Bonchev–Trinajstić information content (AvgIpc) is 3.03. The smallest absolute Gasteiger partial charge is 0.305 e. The van der Waals surface area contributed by atoms with Gasteiger partial charge in [-0.2, -0.15) is 5.10 Å². The summed E-state index contributed by atoms with van der Waals surface area (Å²) < 4.78 is 6.98. The molecular formula is C21H30N2O2. The molecule has 0 fully saturated rings. The number of aryl methyl sites for hydroxylation is 2. The molecule has 2 rings (SSSR count). The van der Waals surface area contributed by atoms with Crippen molar-refractivity contribution in [2.45, 2.75) is 65.7 Å². The van der Waals surface area contributed by atoms with Crippen LogP contribution in [0.2, 0.25) is 0 Å². The Labute approximate surface area is 151 Å². The van der Waals surface area contributed by atoms with E-state index in [9.17, 15) is 4.79 Å². The summed E-state index contributed by atoms with van der Waals surface area (Å²) in [7, 11) is 0. The zero-order valence-electron chi connectivity index (χ0n) is 15.9. The Hall–Kier alpha value is -2.10. The van der Waals surface area contributed by atoms with Crippen LogP contribution in [-0.2, 0) is 16.0 Å². The summed E-state index contributed by atoms with van der Waals surface area (Å²) in [5.74, 6) is 0.413. The highest BCUT2D eigenvalue weighted by atomic mass is 16.5. The van der Waals surface area contributed by atoms with Gasteiger partial charge < -0.3 is 4.74 Å². The van der Waals surface area contributed by atoms with Crippen LogP contribution in [0.25, 0.3) is 5.69 Å². The third-order valence-electron chi connectivity index (χ3n) is 4.64. The molecule has 0 aliphatic rings. The molecule has 0 saturated heterocycles. The molecule has 0 amide bonds. The molecular weight excluding hydrogens is 312 g/mol. The summed E-state index contributed by atoms with van der Waals surface area (Å²) in [4.78, 5) is 11.5. The van der Waals surface area contributed by atoms with Crippen LogP contribution in [0, 0.1) is 6.92 Å². The van der Waals surface area contributed by atoms with Crippen molar-refractivity contribution in [1.82, 2.24) is 9.78 Å². The number of hydrogen-bond acceptors (Lipinski definition) is 3. The van der Waals surface area contributed by atoms with Crippen molar-refractivity contribution in [3.05, 3.63) is 47.3 Å². The topological polar surface area (TPSA) is 44.1 Å². The summed E-state index contributed by atoms with van der Waals surface area (Å²) in [5, 5.41) is 4.58. The fraction of sp³-hybridized carbons (Fsp3) is 0.524. The number of carbonyl (C=O) groups excluding carboxylic acids is 1. The van der Waals surface area contributed by atoms with Crippen LogP contribution in [0.4, 0.5) is 0 Å². The predicted molar refractivity (Wildman–Crippen MR) is 101 cm³/mol. The highest BCUT2D eigenvalue weighted by Crippen LogP contribution is 2.30. The maximum atomic E-state index is 11.5. The summed E-state index contributed by atoms with van der Waals surface area (Å²) in [6.45, 7) is 8.78. The van der Waals surface area contributed by atoms with E-state index in [1.807, 2.05) is 30.8 Å². The predicted octanol–water partition coefficient (Wildman–Crippen LogP) is 4.97. The number of carbonyl (C=O) groups is 1. The lowest BCUT2D eigenvalue weighted by atomic mass is 9.90. The van der Waals surface area contributed by atoms with Gasteiger partial charge in [-0.1, -0.05) is 26.0 Å². The van der Waals surface area contributed by atoms with Crippen LogP contribution in [-0.4, -0.2) is 22.4 Å². The van der Waals surface area contributed by atoms with E-state index in [2.05, 4.69) is 37.1 Å². The second-order valence-corrected chi connectivity index (χ2v) is 6.47. The molecule has 0 N–H and O–H groups in total. The number of esters is 1. The standard InChI is InChI=1S/C21H30N2O2/c1-5-18(6-2)19-15-17(9-8-10-21(24)25-7-3)11-12-20(19)23-14-13-16(4)22-23/h11-15,18H,5-10H2,1-4H3. The van der Waals surface area contributed by atoms with Crippen molar-refractivity contribution >= 4 is 5.97 Å². The van der Waals surface area contributed by atoms with E-state index in [1.54, 1.807) is 0 Å². The van der Waals surface area contributed by atoms with Gasteiger partial charge in [-0.25, -0.2) is 4.68 Å². The zero-order valence-corrected chi connectivity index (χ0v) is 15.9. The van der Waals surface area contributed by atoms with E-state index in [0.717, 1.165) is 37.1 Å². The first-order valence-corrected chi connectivity index (χ1v) is 9.40. The van der Waals surface area contributed by atoms with Gasteiger partial charge in [-0.3, -0.25) is 4.79 Å². The Bertz CT molecular complexity index is 687. The first-order valence-electron chi connectivity index (χ1n) is 9.40. The van der Waals surface area contributed by atoms with E-state index in [1.165, 1.54) is 11.1 Å². The number of rotatable bonds is 9. The number of benzene rings is 1. The van der Waals surface area contributed by atoms with Gasteiger partial charge in [0.05, 0.1) is 18.0 Å². The number of hydrogen-bond donors (Lipinski definition) is 0. The molecule has 0 aliphatic heterocycles. The van der Waals surface area contributed by atoms with E-state index < -0.39 is 0 Å². The molecule has 25 heavy (non-hydrogen) atoms. The SMILES string of the molecule is CCOC(=O)CCCc1ccc(-n2ccc(C)n2)c(C(CC)CC)c1. The fourth-order valence-corrected chi connectivity index (χ4v) is 3.24. The van der Waals surface area contributed by atoms with Crippen LogP contribution >= 0.6 is 0 Å². The molecule has 0 saturated carbocycles. The normalized spacial score (nSPS) is 11.1. The Morgan fingerprint density at radius 3 is 2.56 bits per heavy atom. The Morgan fingerprint density at radius 1 is 1.20 bits per heavy atom. The molecule has 0 aliphatic carbocycles. The maximum absolute atomic E-state index is 11.5. The molecule has 1 heterocycles. The second kappa shape index (κ2) is 9.40. The second-order valence-electron chi connectivity index (χ2n) is 6.47. The van der Waals surface area contributed by atoms with E-state index in [4.69, 9.17) is 4.74 Å². The summed E-state index contributed by atoms with van der Waals surface area (Å²) in [6.07, 6.45) is 6.43. The van der Waals surface area contributed by atoms with E-state index >= 15 is 0 Å². The maximum Gasteiger partial charge on any atom is 0.305 e. The van der Waals surface area contributed by atoms with Crippen LogP contribution < -0.4 is 0 Å². The third-order valence-corrected chi connectivity index (χ3v) is 4.64. The van der Waals surface area contributed by atoms with Crippen molar-refractivity contribution < 1.29 is 9.53 Å². The zero-order chi connectivity index (χ0) is 18.2. The molecule has 4 heteroatoms. The number of ether oxygens (including phenoxy) is 1. The largest absolute Gasteiger partial charge is 0.466 e. The number of aromatic nitrogens is 2. The molecule has 0 radical (unpaired) electrons. The van der Waals surface area contributed by atoms with Crippen LogP contribution in [0.15, 0.2) is 30.5 Å². The molecule has 0 atom stereocenters. The lowest BCUT2D eigenvalue weighted by molar-refractivity contribution is -0.143. The molecule has 2 aromatic rings. The van der Waals surface area contributed by atoms with Crippen molar-refractivity contribution in [3.8, 4) is 5.69 Å². The quantitative estimate of drug-likeness (QED) is 0.604. The van der Waals surface area contributed by atoms with Crippen molar-refractivity contribution in [3.63, 3.8) is 0 Å². The highest BCUT2D eigenvalue weighted by Gasteiger charge is 2.15. The molecule has 136 valence electrons. The molecule has 0 unspecified atom stereocenters. The van der Waals surface area contributed by atoms with Crippen LogP contribution in [0.3, 0.4) is 0 Å². The van der Waals surface area contributed by atoms with Crippen molar-refractivity contribution in [2.24, 2.45) is 0 Å². The summed E-state index contributed by atoms with van der Waals surface area (Å²) in [5.41, 5.74) is 4.81. The van der Waals surface area contributed by atoms with Gasteiger partial charge in [0.2, 0.25) is 0 Å². The summed E-state index contributed by atoms with van der Waals surface area (Å²) >= 11 is 0. The van der Waals surface area contributed by atoms with Gasteiger partial charge in [0, 0.05) is 12.6 Å². The first kappa shape index (κ1) is 19.2. The van der Waals surface area contributed by atoms with Crippen LogP contribution in [0.5, 0.6) is 0 Å². The van der Waals surface area contributed by atoms with Crippen molar-refractivity contribution in [2.75, 3.05) is 6.61 Å². The number of nitrogens with zero attached hydrogens (tertiary/aromatic N) is 2.